The van der Waals surface area contributed by atoms with E-state index in [1.807, 2.05) is 0 Å². The monoisotopic (exact) mass is 1340 g/mol. The fraction of sp³-hybridized carbons (Fsp3) is 1.00. The first kappa shape index (κ1) is 84.8. The Balaban J connectivity index is 0.000000177. The second kappa shape index (κ2) is 33.5. The summed E-state index contributed by atoms with van der Waals surface area (Å²) in [5, 5.41) is 0. The van der Waals surface area contributed by atoms with E-state index in [-0.39, 0.29) is 14.9 Å². The van der Waals surface area contributed by atoms with Gasteiger partial charge in [-0.3, -0.25) is 0 Å². The molecule has 7 atom stereocenters. The van der Waals surface area contributed by atoms with E-state index in [1.54, 1.807) is 70.6 Å². The highest BCUT2D eigenvalue weighted by atomic mass is 15.1. The highest BCUT2D eigenvalue weighted by molar-refractivity contribution is 5.08. The van der Waals surface area contributed by atoms with Crippen molar-refractivity contribution in [3.8, 4) is 0 Å². The molecule has 96 heavy (non-hydrogen) atoms. The van der Waals surface area contributed by atoms with Gasteiger partial charge in [-0.05, 0) is 383 Å². The van der Waals surface area contributed by atoms with Gasteiger partial charge in [-0.1, -0.05) is 212 Å². The number of hydrogen-bond donors (Lipinski definition) is 0. The Hall–Kier alpha value is -0.120. The van der Waals surface area contributed by atoms with Gasteiger partial charge in [0, 0.05) is 0 Å². The van der Waals surface area contributed by atoms with Crippen molar-refractivity contribution in [3.63, 3.8) is 0 Å². The van der Waals surface area contributed by atoms with Crippen molar-refractivity contribution < 1.29 is 0 Å². The molecule has 5 spiro atoms. The molecule has 0 amide bonds. The summed E-state index contributed by atoms with van der Waals surface area (Å²) in [4.78, 5) is 7.46. The second-order valence-electron chi connectivity index (χ2n) is 46.5. The molecule has 11 saturated carbocycles. The van der Waals surface area contributed by atoms with Crippen molar-refractivity contribution in [1.82, 2.24) is 14.7 Å². The van der Waals surface area contributed by atoms with Gasteiger partial charge in [0.2, 0.25) is 0 Å². The molecule has 0 N–H and O–H groups in total. The average Bonchev–Trinajstić information content (AvgIpc) is 1.77. The van der Waals surface area contributed by atoms with Gasteiger partial charge in [-0.15, -0.1) is 0 Å². The van der Waals surface area contributed by atoms with Gasteiger partial charge >= 0.3 is 0 Å². The Morgan fingerprint density at radius 2 is 0.615 bits per heavy atom. The average molecular weight is 1340 g/mol. The molecule has 3 nitrogen and oxygen atoms in total. The van der Waals surface area contributed by atoms with Crippen LogP contribution in [0.25, 0.3) is 0 Å². The predicted octanol–water partition coefficient (Wildman–Crippen LogP) is 28.0. The third-order valence-electron chi connectivity index (χ3n) is 29.4. The molecule has 3 heterocycles. The van der Waals surface area contributed by atoms with Crippen LogP contribution < -0.4 is 0 Å². The molecule has 3 saturated heterocycles. The second-order valence-corrected chi connectivity index (χ2v) is 46.5. The lowest BCUT2D eigenvalue weighted by Gasteiger charge is -2.56. The largest absolute Gasteiger partial charge is 0.306 e. The Labute approximate surface area is 606 Å². The molecule has 11 aliphatic carbocycles. The van der Waals surface area contributed by atoms with Crippen molar-refractivity contribution >= 4 is 0 Å². The van der Waals surface area contributed by atoms with Gasteiger partial charge in [0.05, 0.1) is 0 Å². The van der Waals surface area contributed by atoms with Gasteiger partial charge in [0.1, 0.15) is 0 Å². The summed E-state index contributed by atoms with van der Waals surface area (Å²) in [5.74, 6) is 12.2. The Kier molecular flexibility index (Phi) is 29.6. The summed E-state index contributed by atoms with van der Waals surface area (Å²) in [6.45, 7) is 58.0. The quantitative estimate of drug-likeness (QED) is 0.228. The lowest BCUT2D eigenvalue weighted by Crippen LogP contribution is -2.49. The van der Waals surface area contributed by atoms with Crippen LogP contribution in [0.1, 0.15) is 404 Å². The normalized spacial score (nSPS) is 32.1. The minimum Gasteiger partial charge on any atom is -0.306 e. The molecule has 566 valence electrons. The highest BCUT2D eigenvalue weighted by Gasteiger charge is 2.58. The standard InChI is InChI=1S/C15H28.C14H27N.2C13H25N.C13H24.C12H22.C11H20.2CH4/c1-14(2,3)10-7-13-11-15(12-13)8-5-4-6-9-15;1-13(2,3)6-5-12-11-14(12)7-9-15(4)10-8-14;1-12(2,3)11-9-13(10-11)5-7-14(4)8-6-13;1-12(2,3)9-11-10-13(11)5-7-14(4)8-6-13;1-12(2,3)9-11-10-13(11)7-5-4-6-8-13;1-12(2,3)8-7-11-9-5-4-6-10(9)11;1-11(2,3)7-10-8-5-4-6-9(8)10;;/h13H,4-12H2,1-3H3;12H,5-11H2,1-4H3;2*11H,5-10H2,1-4H3;11H,4-10H2,1-3H3;9-11H,4-8H2,1-3H3;8-10H,4-7H2,1-3H3;2*1H4. The molecule has 14 rings (SSSR count). The number of fused-ring (bicyclic) bond motifs is 2. The van der Waals surface area contributed by atoms with E-state index in [4.69, 9.17) is 0 Å². The summed E-state index contributed by atoms with van der Waals surface area (Å²) in [5.41, 5.74) is 7.95. The van der Waals surface area contributed by atoms with Crippen LogP contribution in [0.15, 0.2) is 0 Å². The van der Waals surface area contributed by atoms with E-state index < -0.39 is 0 Å². The fourth-order valence-corrected chi connectivity index (χ4v) is 22.4. The van der Waals surface area contributed by atoms with Crippen molar-refractivity contribution in [3.05, 3.63) is 0 Å². The lowest BCUT2D eigenvalue weighted by atomic mass is 9.52. The number of piperidine rings is 3. The summed E-state index contributed by atoms with van der Waals surface area (Å²) >= 11 is 0. The SMILES string of the molecule is C.C.CC(C)(C)CC1C2CCCC21.CC(C)(C)CC1CC12CCCCC2.CC(C)(C)CCC1C2CCCC21.CC(C)(C)CCC1CC2(CCCCC2)C1.CN1CCC2(CC1)CC(C(C)(C)C)C2.CN1CCC2(CC1)CC2CC(C)(C)C.CN1CCC2(CC1)CC2CCC(C)(C)C. The van der Waals surface area contributed by atoms with Crippen LogP contribution >= 0.6 is 0 Å². The van der Waals surface area contributed by atoms with Crippen LogP contribution in [0.4, 0.5) is 0 Å². The maximum atomic E-state index is 2.49. The third kappa shape index (κ3) is 26.8. The van der Waals surface area contributed by atoms with E-state index in [2.05, 4.69) is 181 Å². The first-order valence-electron chi connectivity index (χ1n) is 42.5. The van der Waals surface area contributed by atoms with Crippen LogP contribution in [-0.4, -0.2) is 75.1 Å². The topological polar surface area (TPSA) is 9.72 Å². The number of rotatable bonds is 9. The minimum atomic E-state index is 0. The molecule has 14 aliphatic rings. The van der Waals surface area contributed by atoms with Gasteiger partial charge in [-0.25, -0.2) is 0 Å². The first-order chi connectivity index (χ1) is 43.4. The van der Waals surface area contributed by atoms with E-state index in [1.165, 1.54) is 224 Å². The van der Waals surface area contributed by atoms with Crippen molar-refractivity contribution in [2.45, 2.75) is 404 Å². The molecule has 14 fully saturated rings. The fourth-order valence-electron chi connectivity index (χ4n) is 22.4. The summed E-state index contributed by atoms with van der Waals surface area (Å²) in [6.07, 6.45) is 57.2. The zero-order chi connectivity index (χ0) is 69.2. The Morgan fingerprint density at radius 3 is 1.00 bits per heavy atom. The summed E-state index contributed by atoms with van der Waals surface area (Å²) in [7, 11) is 6.78. The summed E-state index contributed by atoms with van der Waals surface area (Å²) < 4.78 is 0. The van der Waals surface area contributed by atoms with Gasteiger partial charge < -0.3 is 14.7 Å². The third-order valence-corrected chi connectivity index (χ3v) is 29.4. The van der Waals surface area contributed by atoms with E-state index in [9.17, 15) is 0 Å². The van der Waals surface area contributed by atoms with Crippen molar-refractivity contribution in [1.29, 1.82) is 0 Å². The summed E-state index contributed by atoms with van der Waals surface area (Å²) in [6, 6.07) is 0. The first-order valence-corrected chi connectivity index (χ1v) is 42.5. The molecular formula is C93H179N3. The zero-order valence-electron chi connectivity index (χ0n) is 68.8. The van der Waals surface area contributed by atoms with E-state index in [0.717, 1.165) is 80.3 Å². The van der Waals surface area contributed by atoms with Crippen LogP contribution in [0, 0.1) is 130 Å². The van der Waals surface area contributed by atoms with E-state index in [0.29, 0.717) is 37.9 Å². The van der Waals surface area contributed by atoms with Crippen LogP contribution in [-0.2, 0) is 0 Å². The molecule has 0 aromatic rings. The van der Waals surface area contributed by atoms with Crippen LogP contribution in [0.3, 0.4) is 0 Å². The van der Waals surface area contributed by atoms with Gasteiger partial charge in [0.15, 0.2) is 0 Å². The molecule has 0 aromatic heterocycles. The number of nitrogens with zero attached hydrogens (tertiary/aromatic N) is 3. The lowest BCUT2D eigenvalue weighted by molar-refractivity contribution is -0.0525. The molecule has 7 unspecified atom stereocenters. The zero-order valence-corrected chi connectivity index (χ0v) is 68.8. The Morgan fingerprint density at radius 1 is 0.292 bits per heavy atom. The number of likely N-dealkylation sites (tertiary alicyclic amines) is 3. The molecule has 3 aliphatic heterocycles. The number of hydrogen-bond acceptors (Lipinski definition) is 3. The van der Waals surface area contributed by atoms with Crippen LogP contribution in [0.5, 0.6) is 0 Å². The Bertz CT molecular complexity index is 2160. The van der Waals surface area contributed by atoms with Gasteiger partial charge in [-0.2, -0.15) is 0 Å². The van der Waals surface area contributed by atoms with E-state index >= 15 is 0 Å². The molecule has 0 radical (unpaired) electrons. The minimum absolute atomic E-state index is 0. The van der Waals surface area contributed by atoms with Crippen molar-refractivity contribution in [2.24, 2.45) is 130 Å². The smallest absolute Gasteiger partial charge is 0.00164 e. The maximum Gasteiger partial charge on any atom is -0.00164 e. The van der Waals surface area contributed by atoms with Crippen LogP contribution in [0.2, 0.25) is 0 Å². The molecule has 0 bridgehead atoms. The maximum absolute atomic E-state index is 2.49. The molecule has 0 aromatic carbocycles. The molecular weight excluding hydrogens is 1160 g/mol. The highest BCUT2D eigenvalue weighted by Crippen LogP contribution is 2.67. The predicted molar refractivity (Wildman–Crippen MR) is 428 cm³/mol. The van der Waals surface area contributed by atoms with Crippen molar-refractivity contribution in [2.75, 3.05) is 60.4 Å². The van der Waals surface area contributed by atoms with Gasteiger partial charge in [0.25, 0.3) is 0 Å². The molecule has 3 heteroatoms.